The average molecular weight is 351 g/mol. The van der Waals surface area contributed by atoms with Gasteiger partial charge in [-0.1, -0.05) is 12.1 Å². The quantitative estimate of drug-likeness (QED) is 0.921. The fraction of sp³-hybridized carbons (Fsp3) is 0.200. The van der Waals surface area contributed by atoms with Crippen molar-refractivity contribution in [2.45, 2.75) is 6.92 Å². The summed E-state index contributed by atoms with van der Waals surface area (Å²) < 4.78 is 5.74. The molecule has 2 rings (SSSR count). The summed E-state index contributed by atoms with van der Waals surface area (Å²) in [6.45, 7) is 2.37. The van der Waals surface area contributed by atoms with Crippen molar-refractivity contribution in [3.05, 3.63) is 52.4 Å². The van der Waals surface area contributed by atoms with Gasteiger partial charge in [-0.2, -0.15) is 0 Å². The van der Waals surface area contributed by atoms with Gasteiger partial charge in [0.15, 0.2) is 10.4 Å². The van der Waals surface area contributed by atoms with Crippen molar-refractivity contribution in [1.82, 2.24) is 5.32 Å². The molecule has 0 aliphatic heterocycles. The van der Waals surface area contributed by atoms with Crippen molar-refractivity contribution in [2.24, 2.45) is 0 Å². The number of hydrogen-bond donors (Lipinski definition) is 1. The number of benzene rings is 1. The highest BCUT2D eigenvalue weighted by molar-refractivity contribution is 9.10. The molecule has 0 saturated heterocycles. The second kappa shape index (κ2) is 6.58. The molecule has 0 spiro atoms. The first-order chi connectivity index (χ1) is 10.0. The minimum atomic E-state index is -0.322. The maximum atomic E-state index is 12.4. The number of amides is 2. The van der Waals surface area contributed by atoms with Crippen LogP contribution in [-0.2, 0) is 0 Å². The maximum Gasteiger partial charge on any atom is 0.293 e. The van der Waals surface area contributed by atoms with E-state index in [0.717, 1.165) is 0 Å². The lowest BCUT2D eigenvalue weighted by Crippen LogP contribution is -2.30. The van der Waals surface area contributed by atoms with Crippen LogP contribution in [0.3, 0.4) is 0 Å². The first-order valence-corrected chi connectivity index (χ1v) is 7.24. The van der Waals surface area contributed by atoms with Crippen molar-refractivity contribution in [3.63, 3.8) is 0 Å². The highest BCUT2D eigenvalue weighted by Gasteiger charge is 2.21. The topological polar surface area (TPSA) is 62.6 Å². The van der Waals surface area contributed by atoms with Crippen LogP contribution in [0, 0.1) is 0 Å². The number of nitrogens with one attached hydrogen (secondary N) is 1. The fourth-order valence-electron chi connectivity index (χ4n) is 1.92. The van der Waals surface area contributed by atoms with Crippen LogP contribution in [0.25, 0.3) is 0 Å². The van der Waals surface area contributed by atoms with Crippen molar-refractivity contribution in [1.29, 1.82) is 0 Å². The van der Waals surface area contributed by atoms with Crippen LogP contribution in [0.1, 0.15) is 27.8 Å². The molecule has 1 aromatic carbocycles. The first kappa shape index (κ1) is 15.3. The molecule has 2 aromatic rings. The standard InChI is InChI=1S/C15H15BrN2O3/c1-3-17-14(19)10-6-4-5-7-11(10)18(2)15(20)12-8-9-13(16)21-12/h4-9H,3H2,1-2H3,(H,17,19). The van der Waals surface area contributed by atoms with Crippen LogP contribution >= 0.6 is 15.9 Å². The largest absolute Gasteiger partial charge is 0.444 e. The highest BCUT2D eigenvalue weighted by Crippen LogP contribution is 2.22. The van der Waals surface area contributed by atoms with Gasteiger partial charge in [0, 0.05) is 13.6 Å². The van der Waals surface area contributed by atoms with E-state index in [1.165, 1.54) is 4.90 Å². The number of furan rings is 1. The van der Waals surface area contributed by atoms with E-state index < -0.39 is 0 Å². The molecular weight excluding hydrogens is 336 g/mol. The minimum absolute atomic E-state index is 0.204. The Balaban J connectivity index is 2.33. The first-order valence-electron chi connectivity index (χ1n) is 6.45. The smallest absolute Gasteiger partial charge is 0.293 e. The summed E-state index contributed by atoms with van der Waals surface area (Å²) in [5, 5.41) is 2.73. The summed E-state index contributed by atoms with van der Waals surface area (Å²) >= 11 is 3.16. The predicted octanol–water partition coefficient (Wildman–Crippen LogP) is 3.07. The number of rotatable bonds is 4. The Morgan fingerprint density at radius 2 is 1.95 bits per heavy atom. The van der Waals surface area contributed by atoms with Crippen molar-refractivity contribution < 1.29 is 14.0 Å². The molecule has 1 heterocycles. The van der Waals surface area contributed by atoms with Crippen LogP contribution in [0.15, 0.2) is 45.5 Å². The van der Waals surface area contributed by atoms with E-state index in [1.807, 2.05) is 6.92 Å². The van der Waals surface area contributed by atoms with Gasteiger partial charge in [0.25, 0.3) is 11.8 Å². The van der Waals surface area contributed by atoms with Gasteiger partial charge >= 0.3 is 0 Å². The molecule has 0 atom stereocenters. The second-order valence-electron chi connectivity index (χ2n) is 4.34. The zero-order valence-corrected chi connectivity index (χ0v) is 13.3. The van der Waals surface area contributed by atoms with Crippen molar-refractivity contribution in [2.75, 3.05) is 18.5 Å². The predicted molar refractivity (Wildman–Crippen MR) is 83.6 cm³/mol. The molecule has 5 nitrogen and oxygen atoms in total. The number of carbonyl (C=O) groups is 2. The summed E-state index contributed by atoms with van der Waals surface area (Å²) in [7, 11) is 1.61. The molecule has 2 amide bonds. The molecule has 0 bridgehead atoms. The molecule has 6 heteroatoms. The van der Waals surface area contributed by atoms with Gasteiger partial charge in [0.2, 0.25) is 0 Å². The zero-order valence-electron chi connectivity index (χ0n) is 11.7. The van der Waals surface area contributed by atoms with Gasteiger partial charge in [0.05, 0.1) is 11.3 Å². The van der Waals surface area contributed by atoms with E-state index in [2.05, 4.69) is 21.2 Å². The van der Waals surface area contributed by atoms with E-state index in [4.69, 9.17) is 4.42 Å². The Morgan fingerprint density at radius 3 is 2.57 bits per heavy atom. The molecule has 0 saturated carbocycles. The molecular formula is C15H15BrN2O3. The summed E-state index contributed by atoms with van der Waals surface area (Å²) in [4.78, 5) is 25.8. The lowest BCUT2D eigenvalue weighted by atomic mass is 10.1. The van der Waals surface area contributed by atoms with Gasteiger partial charge in [0.1, 0.15) is 0 Å². The number of halogens is 1. The fourth-order valence-corrected chi connectivity index (χ4v) is 2.22. The lowest BCUT2D eigenvalue weighted by molar-refractivity contribution is 0.0955. The molecule has 0 fully saturated rings. The van der Waals surface area contributed by atoms with Crippen LogP contribution in [0.2, 0.25) is 0 Å². The Bertz CT molecular complexity index is 666. The molecule has 1 aromatic heterocycles. The zero-order chi connectivity index (χ0) is 15.4. The Kier molecular flexibility index (Phi) is 4.80. The third kappa shape index (κ3) is 3.33. The molecule has 0 radical (unpaired) electrons. The van der Waals surface area contributed by atoms with Crippen LogP contribution in [-0.4, -0.2) is 25.4 Å². The molecule has 21 heavy (non-hydrogen) atoms. The number of hydrogen-bond acceptors (Lipinski definition) is 3. The molecule has 0 aliphatic rings. The maximum absolute atomic E-state index is 12.4. The van der Waals surface area contributed by atoms with E-state index in [1.54, 1.807) is 43.4 Å². The number of carbonyl (C=O) groups excluding carboxylic acids is 2. The summed E-state index contributed by atoms with van der Waals surface area (Å²) in [6.07, 6.45) is 0. The second-order valence-corrected chi connectivity index (χ2v) is 5.13. The van der Waals surface area contributed by atoms with Gasteiger partial charge in [-0.05, 0) is 47.1 Å². The van der Waals surface area contributed by atoms with Crippen molar-refractivity contribution >= 4 is 33.4 Å². The molecule has 1 N–H and O–H groups in total. The Morgan fingerprint density at radius 1 is 1.24 bits per heavy atom. The average Bonchev–Trinajstić information content (AvgIpc) is 2.92. The summed E-state index contributed by atoms with van der Waals surface area (Å²) in [5.74, 6) is -0.332. The Labute approximate surface area is 131 Å². The number of para-hydroxylation sites is 1. The van der Waals surface area contributed by atoms with Gasteiger partial charge in [-0.3, -0.25) is 9.59 Å². The van der Waals surface area contributed by atoms with Crippen LogP contribution < -0.4 is 10.2 Å². The Hall–Kier alpha value is -2.08. The highest BCUT2D eigenvalue weighted by atomic mass is 79.9. The van der Waals surface area contributed by atoms with E-state index in [0.29, 0.717) is 22.5 Å². The van der Waals surface area contributed by atoms with E-state index in [9.17, 15) is 9.59 Å². The van der Waals surface area contributed by atoms with Gasteiger partial charge in [-0.25, -0.2) is 0 Å². The van der Waals surface area contributed by atoms with Crippen LogP contribution in [0.4, 0.5) is 5.69 Å². The van der Waals surface area contributed by atoms with E-state index >= 15 is 0 Å². The summed E-state index contributed by atoms with van der Waals surface area (Å²) in [5.41, 5.74) is 0.974. The monoisotopic (exact) mass is 350 g/mol. The molecule has 110 valence electrons. The van der Waals surface area contributed by atoms with Crippen LogP contribution in [0.5, 0.6) is 0 Å². The number of nitrogens with zero attached hydrogens (tertiary/aromatic N) is 1. The lowest BCUT2D eigenvalue weighted by Gasteiger charge is -2.19. The third-order valence-corrected chi connectivity index (χ3v) is 3.36. The van der Waals surface area contributed by atoms with Crippen molar-refractivity contribution in [3.8, 4) is 0 Å². The SMILES string of the molecule is CCNC(=O)c1ccccc1N(C)C(=O)c1ccc(Br)o1. The van der Waals surface area contributed by atoms with Gasteiger partial charge in [-0.15, -0.1) is 0 Å². The summed E-state index contributed by atoms with van der Waals surface area (Å²) in [6, 6.07) is 10.2. The minimum Gasteiger partial charge on any atom is -0.444 e. The number of anilines is 1. The normalized spacial score (nSPS) is 10.2. The van der Waals surface area contributed by atoms with Gasteiger partial charge < -0.3 is 14.6 Å². The third-order valence-electron chi connectivity index (χ3n) is 2.94. The molecule has 0 unspecified atom stereocenters. The molecule has 0 aliphatic carbocycles. The van der Waals surface area contributed by atoms with E-state index in [-0.39, 0.29) is 17.6 Å².